The maximum atomic E-state index is 12.4. The van der Waals surface area contributed by atoms with Crippen molar-refractivity contribution < 1.29 is 4.79 Å². The fourth-order valence-electron chi connectivity index (χ4n) is 2.86. The molecule has 7 heteroatoms. The molecule has 5 nitrogen and oxygen atoms in total. The molecule has 0 spiro atoms. The largest absolute Gasteiger partial charge is 0.300 e. The molecule has 3 rings (SSSR count). The Morgan fingerprint density at radius 2 is 2.00 bits per heavy atom. The summed E-state index contributed by atoms with van der Waals surface area (Å²) in [5.74, 6) is 0.148. The maximum absolute atomic E-state index is 12.4. The quantitative estimate of drug-likeness (QED) is 0.652. The van der Waals surface area contributed by atoms with Crippen LogP contribution in [0.4, 0.5) is 5.13 Å². The van der Waals surface area contributed by atoms with Gasteiger partial charge in [-0.25, -0.2) is 0 Å². The lowest BCUT2D eigenvalue weighted by atomic mass is 9.95. The molecule has 0 aliphatic carbocycles. The van der Waals surface area contributed by atoms with Gasteiger partial charge >= 0.3 is 0 Å². The van der Waals surface area contributed by atoms with Crippen molar-refractivity contribution in [2.24, 2.45) is 5.92 Å². The van der Waals surface area contributed by atoms with E-state index >= 15 is 0 Å². The van der Waals surface area contributed by atoms with E-state index in [4.69, 9.17) is 0 Å². The highest BCUT2D eigenvalue weighted by molar-refractivity contribution is 8.00. The van der Waals surface area contributed by atoms with Crippen LogP contribution in [0.3, 0.4) is 0 Å². The highest BCUT2D eigenvalue weighted by Crippen LogP contribution is 2.25. The van der Waals surface area contributed by atoms with Crippen molar-refractivity contribution in [1.29, 1.82) is 0 Å². The van der Waals surface area contributed by atoms with Crippen LogP contribution in [0.2, 0.25) is 0 Å². The Morgan fingerprint density at radius 3 is 2.62 bits per heavy atom. The molecule has 1 aliphatic rings. The fraction of sp³-hybridized carbons (Fsp3) is 0.471. The number of hydrogen-bond acceptors (Lipinski definition) is 6. The van der Waals surface area contributed by atoms with E-state index in [2.05, 4.69) is 51.6 Å². The van der Waals surface area contributed by atoms with Crippen LogP contribution in [0.5, 0.6) is 0 Å². The number of hydrogen-bond donors (Lipinski definition) is 1. The van der Waals surface area contributed by atoms with Gasteiger partial charge in [-0.05, 0) is 44.7 Å². The lowest BCUT2D eigenvalue weighted by Gasteiger charge is -2.31. The number of piperidine rings is 1. The first kappa shape index (κ1) is 17.4. The summed E-state index contributed by atoms with van der Waals surface area (Å²) < 4.78 is 0.873. The van der Waals surface area contributed by atoms with Gasteiger partial charge in [0, 0.05) is 12.5 Å². The summed E-state index contributed by atoms with van der Waals surface area (Å²) in [5.41, 5.74) is 2.62. The van der Waals surface area contributed by atoms with Crippen molar-refractivity contribution in [3.05, 3.63) is 35.4 Å². The number of carbonyl (C=O) groups is 1. The van der Waals surface area contributed by atoms with E-state index < -0.39 is 0 Å². The first-order valence-electron chi connectivity index (χ1n) is 8.10. The third-order valence-corrected chi connectivity index (χ3v) is 6.11. The second-order valence-electron chi connectivity index (χ2n) is 6.10. The van der Waals surface area contributed by atoms with E-state index in [0.717, 1.165) is 36.8 Å². The number of amides is 1. The Kier molecular flexibility index (Phi) is 5.86. The Bertz CT molecular complexity index is 678. The van der Waals surface area contributed by atoms with Gasteiger partial charge < -0.3 is 5.32 Å². The first-order valence-corrected chi connectivity index (χ1v) is 10.1. The van der Waals surface area contributed by atoms with E-state index in [0.29, 0.717) is 5.13 Å². The molecule has 1 amide bonds. The number of anilines is 1. The zero-order valence-corrected chi connectivity index (χ0v) is 15.6. The number of nitrogens with one attached hydrogen (secondary N) is 1. The minimum absolute atomic E-state index is 0.0703. The van der Waals surface area contributed by atoms with Crippen molar-refractivity contribution in [3.63, 3.8) is 0 Å². The monoisotopic (exact) mass is 362 g/mol. The maximum Gasteiger partial charge on any atom is 0.229 e. The zero-order chi connectivity index (χ0) is 16.9. The molecule has 1 N–H and O–H groups in total. The molecule has 1 saturated heterocycles. The minimum atomic E-state index is 0.0703. The molecule has 24 heavy (non-hydrogen) atoms. The molecular formula is C17H22N4OS2. The van der Waals surface area contributed by atoms with Crippen LogP contribution >= 0.6 is 23.1 Å². The molecule has 0 bridgehead atoms. The molecule has 2 aromatic rings. The Labute approximate surface area is 150 Å². The first-order chi connectivity index (χ1) is 11.6. The third kappa shape index (κ3) is 4.55. The van der Waals surface area contributed by atoms with Crippen LogP contribution in [0.15, 0.2) is 28.6 Å². The van der Waals surface area contributed by atoms with Crippen LogP contribution in [-0.2, 0) is 11.3 Å². The minimum Gasteiger partial charge on any atom is -0.300 e. The van der Waals surface area contributed by atoms with E-state index in [9.17, 15) is 4.79 Å². The summed E-state index contributed by atoms with van der Waals surface area (Å²) in [7, 11) is 0. The predicted octanol–water partition coefficient (Wildman–Crippen LogP) is 3.42. The van der Waals surface area contributed by atoms with Crippen molar-refractivity contribution in [2.75, 3.05) is 24.7 Å². The number of aromatic nitrogens is 2. The van der Waals surface area contributed by atoms with Crippen LogP contribution in [0.1, 0.15) is 24.0 Å². The molecular weight excluding hydrogens is 340 g/mol. The highest BCUT2D eigenvalue weighted by atomic mass is 32.2. The summed E-state index contributed by atoms with van der Waals surface area (Å²) in [6, 6.07) is 8.68. The number of nitrogens with zero attached hydrogens (tertiary/aromatic N) is 3. The highest BCUT2D eigenvalue weighted by Gasteiger charge is 2.25. The Balaban J connectivity index is 1.47. The lowest BCUT2D eigenvalue weighted by molar-refractivity contribution is -0.121. The Hall–Kier alpha value is -1.44. The van der Waals surface area contributed by atoms with E-state index in [1.165, 1.54) is 22.5 Å². The normalized spacial score (nSPS) is 16.2. The number of benzene rings is 1. The fourth-order valence-corrected chi connectivity index (χ4v) is 4.03. The number of rotatable bonds is 5. The molecule has 0 saturated carbocycles. The summed E-state index contributed by atoms with van der Waals surface area (Å²) >= 11 is 2.97. The standard InChI is InChI=1S/C17H22N4OS2/c1-12-3-5-13(6-4-12)11-21-9-7-14(8-10-21)15(22)18-16-19-20-17(23-2)24-16/h3-6,14H,7-11H2,1-2H3,(H,18,19,22). The van der Waals surface area contributed by atoms with E-state index in [1.54, 1.807) is 11.8 Å². The van der Waals surface area contributed by atoms with Crippen molar-refractivity contribution in [1.82, 2.24) is 15.1 Å². The average Bonchev–Trinajstić information content (AvgIpc) is 3.05. The average molecular weight is 363 g/mol. The molecule has 0 radical (unpaired) electrons. The van der Waals surface area contributed by atoms with Gasteiger partial charge in [0.1, 0.15) is 0 Å². The number of carbonyl (C=O) groups excluding carboxylic acids is 1. The van der Waals surface area contributed by atoms with Crippen LogP contribution in [0.25, 0.3) is 0 Å². The molecule has 2 heterocycles. The van der Waals surface area contributed by atoms with E-state index in [-0.39, 0.29) is 11.8 Å². The van der Waals surface area contributed by atoms with Gasteiger partial charge in [-0.2, -0.15) is 0 Å². The molecule has 1 aliphatic heterocycles. The topological polar surface area (TPSA) is 58.1 Å². The SMILES string of the molecule is CSc1nnc(NC(=O)C2CCN(Cc3ccc(C)cc3)CC2)s1. The molecule has 0 atom stereocenters. The van der Waals surface area contributed by atoms with Crippen molar-refractivity contribution in [3.8, 4) is 0 Å². The van der Waals surface area contributed by atoms with Gasteiger partial charge in [0.15, 0.2) is 4.34 Å². The van der Waals surface area contributed by atoms with Gasteiger partial charge in [0.2, 0.25) is 11.0 Å². The molecule has 1 aromatic heterocycles. The number of aryl methyl sites for hydroxylation is 1. The summed E-state index contributed by atoms with van der Waals surface area (Å²) in [6.45, 7) is 4.98. The summed E-state index contributed by atoms with van der Waals surface area (Å²) in [5, 5.41) is 11.5. The number of thioether (sulfide) groups is 1. The van der Waals surface area contributed by atoms with Gasteiger partial charge in [-0.3, -0.25) is 9.69 Å². The van der Waals surface area contributed by atoms with Crippen LogP contribution in [0, 0.1) is 12.8 Å². The third-order valence-electron chi connectivity index (χ3n) is 4.30. The second-order valence-corrected chi connectivity index (χ2v) is 8.13. The van der Waals surface area contributed by atoms with Gasteiger partial charge in [0.05, 0.1) is 0 Å². The number of likely N-dealkylation sites (tertiary alicyclic amines) is 1. The predicted molar refractivity (Wildman–Crippen MR) is 99.5 cm³/mol. The molecule has 128 valence electrons. The zero-order valence-electron chi connectivity index (χ0n) is 14.0. The summed E-state index contributed by atoms with van der Waals surface area (Å²) in [4.78, 5) is 14.8. The molecule has 0 unspecified atom stereocenters. The smallest absolute Gasteiger partial charge is 0.229 e. The van der Waals surface area contributed by atoms with Crippen LogP contribution in [-0.4, -0.2) is 40.3 Å². The summed E-state index contributed by atoms with van der Waals surface area (Å²) in [6.07, 6.45) is 3.74. The van der Waals surface area contributed by atoms with Crippen molar-refractivity contribution in [2.45, 2.75) is 30.6 Å². The van der Waals surface area contributed by atoms with Crippen molar-refractivity contribution >= 4 is 34.1 Å². The van der Waals surface area contributed by atoms with Gasteiger partial charge in [0.25, 0.3) is 0 Å². The molecule has 1 fully saturated rings. The second kappa shape index (κ2) is 8.09. The van der Waals surface area contributed by atoms with Gasteiger partial charge in [-0.15, -0.1) is 10.2 Å². The lowest BCUT2D eigenvalue weighted by Crippen LogP contribution is -2.37. The Morgan fingerprint density at radius 1 is 1.29 bits per heavy atom. The molecule has 1 aromatic carbocycles. The van der Waals surface area contributed by atoms with Crippen LogP contribution < -0.4 is 5.32 Å². The van der Waals surface area contributed by atoms with E-state index in [1.807, 2.05) is 6.26 Å². The van der Waals surface area contributed by atoms with Gasteiger partial charge in [-0.1, -0.05) is 52.9 Å².